The van der Waals surface area contributed by atoms with Crippen LogP contribution in [-0.2, 0) is 14.8 Å². The van der Waals surface area contributed by atoms with Crippen LogP contribution in [0.15, 0.2) is 34.5 Å². The molecule has 4 N–H and O–H groups in total. The summed E-state index contributed by atoms with van der Waals surface area (Å²) in [6.07, 6.45) is 2.17. The number of nitrogens with zero attached hydrogens (tertiary/aromatic N) is 5. The van der Waals surface area contributed by atoms with Gasteiger partial charge >= 0.3 is 0 Å². The van der Waals surface area contributed by atoms with Crippen molar-refractivity contribution in [3.63, 3.8) is 0 Å². The van der Waals surface area contributed by atoms with E-state index in [-0.39, 0.29) is 46.0 Å². The average Bonchev–Trinajstić information content (AvgIpc) is 3.48. The van der Waals surface area contributed by atoms with Gasteiger partial charge in [0, 0.05) is 44.5 Å². The van der Waals surface area contributed by atoms with E-state index in [1.807, 2.05) is 11.9 Å². The van der Waals surface area contributed by atoms with Gasteiger partial charge in [0.05, 0.1) is 17.0 Å². The number of benzene rings is 1. The van der Waals surface area contributed by atoms with Gasteiger partial charge in [0.1, 0.15) is 5.69 Å². The van der Waals surface area contributed by atoms with Crippen LogP contribution in [0.3, 0.4) is 0 Å². The van der Waals surface area contributed by atoms with Crippen LogP contribution in [0.1, 0.15) is 12.8 Å². The fraction of sp³-hybridized carbons (Fsp3) is 0.542. The van der Waals surface area contributed by atoms with Crippen LogP contribution in [0.5, 0.6) is 0 Å². The summed E-state index contributed by atoms with van der Waals surface area (Å²) < 4.78 is 43.7. The molecule has 1 amide bonds. The Labute approximate surface area is 230 Å². The summed E-state index contributed by atoms with van der Waals surface area (Å²) in [6.45, 7) is 3.13. The van der Waals surface area contributed by atoms with Crippen LogP contribution in [0.2, 0.25) is 5.28 Å². The molecule has 3 aliphatic rings. The van der Waals surface area contributed by atoms with E-state index in [2.05, 4.69) is 30.1 Å². The zero-order valence-corrected chi connectivity index (χ0v) is 22.8. The molecule has 0 unspecified atom stereocenters. The number of piperazine rings is 1. The maximum Gasteiger partial charge on any atom is 0.240 e. The van der Waals surface area contributed by atoms with Gasteiger partial charge in [-0.3, -0.25) is 4.79 Å². The molecule has 1 aromatic carbocycles. The van der Waals surface area contributed by atoms with Crippen LogP contribution in [-0.4, -0.2) is 75.0 Å². The number of sulfonamides is 1. The highest BCUT2D eigenvalue weighted by molar-refractivity contribution is 7.89. The summed E-state index contributed by atoms with van der Waals surface area (Å²) in [6, 6.07) is 3.86. The number of hydrogen-bond acceptors (Lipinski definition) is 10. The summed E-state index contributed by atoms with van der Waals surface area (Å²) in [5, 5.41) is 5.83. The van der Waals surface area contributed by atoms with Crippen LogP contribution < -0.4 is 20.7 Å². The lowest BCUT2D eigenvalue weighted by Gasteiger charge is -2.35. The number of rotatable bonds is 9. The number of fused-ring (bicyclic) bond motifs is 2. The molecule has 12 nitrogen and oxygen atoms in total. The van der Waals surface area contributed by atoms with Crippen molar-refractivity contribution in [1.82, 2.24) is 19.6 Å². The van der Waals surface area contributed by atoms with Crippen molar-refractivity contribution < 1.29 is 17.6 Å². The van der Waals surface area contributed by atoms with Crippen molar-refractivity contribution in [2.75, 3.05) is 50.0 Å². The lowest BCUT2D eigenvalue weighted by Crippen LogP contribution is -2.47. The van der Waals surface area contributed by atoms with Crippen LogP contribution >= 0.6 is 11.6 Å². The largest absolute Gasteiger partial charge is 0.369 e. The topological polar surface area (TPSA) is 163 Å². The van der Waals surface area contributed by atoms with E-state index in [1.54, 1.807) is 12.1 Å². The summed E-state index contributed by atoms with van der Waals surface area (Å²) in [7, 11) is -1.97. The number of carbonyl (C=O) groups excluding carboxylic acids is 1. The standard InChI is InChI=1S/C24H30ClFN8O4S/c1-33-2-4-34(5-3-33)16-8-15(32-36)9-17(10-16)39(37,38)29-11-14-6-13-7-18(14)21(20(13)22(27)35)30-23-19(26)12-28-24(25)31-23/h8-10,12-14,18,20-21,29H,2-7,11H2,1H3,(H2,27,35)(H,28,30,31)/t13-,14-,18+,20-,21+/m0/s1. The number of nitrogens with one attached hydrogen (secondary N) is 2. The molecular formula is C24H30ClFN8O4S. The minimum atomic E-state index is -3.98. The molecular weight excluding hydrogens is 551 g/mol. The maximum atomic E-state index is 14.3. The molecule has 2 bridgehead atoms. The predicted octanol–water partition coefficient (Wildman–Crippen LogP) is 1.94. The number of halogens is 2. The number of aromatic nitrogens is 2. The minimum Gasteiger partial charge on any atom is -0.369 e. The second kappa shape index (κ2) is 10.9. The Kier molecular flexibility index (Phi) is 7.73. The first-order chi connectivity index (χ1) is 18.6. The molecule has 2 heterocycles. The molecule has 5 atom stereocenters. The molecule has 39 heavy (non-hydrogen) atoms. The highest BCUT2D eigenvalue weighted by Gasteiger charge is 2.55. The second-order valence-corrected chi connectivity index (χ2v) is 12.6. The van der Waals surface area contributed by atoms with Crippen LogP contribution in [0, 0.1) is 34.4 Å². The third-order valence-corrected chi connectivity index (χ3v) is 9.77. The number of carbonyl (C=O) groups is 1. The van der Waals surface area contributed by atoms with Gasteiger partial charge in [-0.15, -0.1) is 4.91 Å². The Bertz CT molecular complexity index is 1370. The van der Waals surface area contributed by atoms with Crippen molar-refractivity contribution in [3.05, 3.63) is 40.4 Å². The van der Waals surface area contributed by atoms with Crippen molar-refractivity contribution >= 4 is 44.7 Å². The van der Waals surface area contributed by atoms with E-state index in [1.165, 1.54) is 6.07 Å². The van der Waals surface area contributed by atoms with E-state index in [0.29, 0.717) is 31.6 Å². The Morgan fingerprint density at radius 2 is 1.97 bits per heavy atom. The number of nitrogens with two attached hydrogens (primary N) is 1. The minimum absolute atomic E-state index is 0.0332. The Morgan fingerprint density at radius 1 is 1.23 bits per heavy atom. The third-order valence-electron chi connectivity index (χ3n) is 8.18. The SMILES string of the molecule is CN1CCN(c2cc(N=O)cc(S(=O)(=O)NC[C@@H]3C[C@H]4C[C@H]3[C@@H](Nc3nc(Cl)ncc3F)[C@H]4C(N)=O)c2)CC1. The summed E-state index contributed by atoms with van der Waals surface area (Å²) in [4.78, 5) is 35.3. The van der Waals surface area contributed by atoms with Gasteiger partial charge in [-0.25, -0.2) is 22.5 Å². The van der Waals surface area contributed by atoms with Crippen molar-refractivity contribution in [2.45, 2.75) is 23.8 Å². The van der Waals surface area contributed by atoms with Gasteiger partial charge in [-0.2, -0.15) is 4.98 Å². The normalized spacial score (nSPS) is 27.1. The summed E-state index contributed by atoms with van der Waals surface area (Å²) in [5.41, 5.74) is 6.35. The van der Waals surface area contributed by atoms with Crippen molar-refractivity contribution in [1.29, 1.82) is 0 Å². The third kappa shape index (κ3) is 5.69. The van der Waals surface area contributed by atoms with Crippen molar-refractivity contribution in [3.8, 4) is 0 Å². The van der Waals surface area contributed by atoms with Gasteiger partial charge in [0.15, 0.2) is 11.6 Å². The van der Waals surface area contributed by atoms with E-state index in [4.69, 9.17) is 17.3 Å². The number of hydrogen-bond donors (Lipinski definition) is 3. The highest BCUT2D eigenvalue weighted by atomic mass is 35.5. The number of anilines is 2. The Balaban J connectivity index is 1.32. The summed E-state index contributed by atoms with van der Waals surface area (Å²) >= 11 is 5.83. The molecule has 2 saturated carbocycles. The predicted molar refractivity (Wildman–Crippen MR) is 144 cm³/mol. The molecule has 1 aliphatic heterocycles. The Morgan fingerprint density at radius 3 is 2.67 bits per heavy atom. The fourth-order valence-corrected chi connectivity index (χ4v) is 7.55. The van der Waals surface area contributed by atoms with Gasteiger partial charge in [-0.1, -0.05) is 0 Å². The van der Waals surface area contributed by atoms with E-state index >= 15 is 0 Å². The van der Waals surface area contributed by atoms with Crippen LogP contribution in [0.4, 0.5) is 21.6 Å². The van der Waals surface area contributed by atoms with Gasteiger partial charge in [-0.05, 0) is 72.6 Å². The zero-order chi connectivity index (χ0) is 27.9. The first-order valence-corrected chi connectivity index (χ1v) is 14.6. The lowest BCUT2D eigenvalue weighted by atomic mass is 9.78. The lowest BCUT2D eigenvalue weighted by molar-refractivity contribution is -0.123. The molecule has 1 aromatic heterocycles. The van der Waals surface area contributed by atoms with Crippen LogP contribution in [0.25, 0.3) is 0 Å². The quantitative estimate of drug-likeness (QED) is 0.297. The smallest absolute Gasteiger partial charge is 0.240 e. The maximum absolute atomic E-state index is 14.3. The van der Waals surface area contributed by atoms with E-state index in [9.17, 15) is 22.5 Å². The van der Waals surface area contributed by atoms with Gasteiger partial charge in [0.2, 0.25) is 21.2 Å². The second-order valence-electron chi connectivity index (χ2n) is 10.5. The molecule has 0 radical (unpaired) electrons. The molecule has 2 aromatic rings. The first kappa shape index (κ1) is 27.6. The number of nitroso groups, excluding NO2 is 1. The Hall–Kier alpha value is -2.94. The van der Waals surface area contributed by atoms with Crippen molar-refractivity contribution in [2.24, 2.45) is 34.6 Å². The highest BCUT2D eigenvalue weighted by Crippen LogP contribution is 2.52. The van der Waals surface area contributed by atoms with Gasteiger partial charge < -0.3 is 20.9 Å². The van der Waals surface area contributed by atoms with Gasteiger partial charge in [0.25, 0.3) is 0 Å². The van der Waals surface area contributed by atoms with E-state index in [0.717, 1.165) is 19.3 Å². The number of likely N-dealkylation sites (N-methyl/N-ethyl adjacent to an activating group) is 1. The molecule has 3 fully saturated rings. The molecule has 0 spiro atoms. The molecule has 210 valence electrons. The first-order valence-electron chi connectivity index (χ1n) is 12.7. The van der Waals surface area contributed by atoms with E-state index < -0.39 is 33.7 Å². The average molecular weight is 581 g/mol. The molecule has 5 rings (SSSR count). The summed E-state index contributed by atoms with van der Waals surface area (Å²) in [5.74, 6) is -2.29. The number of amides is 1. The zero-order valence-electron chi connectivity index (χ0n) is 21.3. The monoisotopic (exact) mass is 580 g/mol. The molecule has 15 heteroatoms. The molecule has 1 saturated heterocycles. The molecule has 2 aliphatic carbocycles. The number of primary amides is 1. The fourth-order valence-electron chi connectivity index (χ4n) is 6.26.